The number of ketones is 2. The minimum absolute atomic E-state index is 0.0179. The average molecular weight is 683 g/mol. The maximum atomic E-state index is 13.4. The number of aliphatic hydroxyl groups is 3. The molecule has 0 fully saturated rings. The van der Waals surface area contributed by atoms with Gasteiger partial charge in [-0.1, -0.05) is 200 Å². The van der Waals surface area contributed by atoms with Crippen molar-refractivity contribution in [1.29, 1.82) is 0 Å². The molecule has 0 amide bonds. The molecule has 0 spiro atoms. The predicted octanol–water partition coefficient (Wildman–Crippen LogP) is 11.5. The highest BCUT2D eigenvalue weighted by Gasteiger charge is 2.51. The quantitative estimate of drug-likeness (QED) is 0.0343. The van der Waals surface area contributed by atoms with E-state index < -0.39 is 29.4 Å². The van der Waals surface area contributed by atoms with E-state index in [9.17, 15) is 24.9 Å². The molecule has 0 aliphatic rings. The SMILES string of the molecule is CCCCCCCCCCCCCCCC(=S)C(O)C(O)C(O)(C(=O)CCCCCCCCCC)C(=O)CCCCCCCCCC. The van der Waals surface area contributed by atoms with Crippen molar-refractivity contribution in [1.82, 2.24) is 0 Å². The number of hydrogen-bond donors (Lipinski definition) is 3. The number of Topliss-reactive ketones (excluding diaryl/α,β-unsaturated/α-hetero) is 2. The van der Waals surface area contributed by atoms with Crippen LogP contribution >= 0.6 is 12.2 Å². The van der Waals surface area contributed by atoms with Crippen LogP contribution in [0.5, 0.6) is 0 Å². The molecule has 0 rings (SSSR count). The summed E-state index contributed by atoms with van der Waals surface area (Å²) in [5, 5.41) is 33.7. The molecular weight excluding hydrogens is 605 g/mol. The second kappa shape index (κ2) is 32.5. The average Bonchev–Trinajstić information content (AvgIpc) is 3.07. The van der Waals surface area contributed by atoms with E-state index in [2.05, 4.69) is 20.8 Å². The van der Waals surface area contributed by atoms with Gasteiger partial charge in [-0.3, -0.25) is 9.59 Å². The lowest BCUT2D eigenvalue weighted by atomic mass is 9.79. The summed E-state index contributed by atoms with van der Waals surface area (Å²) in [6.45, 7) is 6.64. The topological polar surface area (TPSA) is 94.8 Å². The molecule has 47 heavy (non-hydrogen) atoms. The van der Waals surface area contributed by atoms with Crippen molar-refractivity contribution < 1.29 is 24.9 Å². The third-order valence-electron chi connectivity index (χ3n) is 9.95. The van der Waals surface area contributed by atoms with Gasteiger partial charge in [-0.25, -0.2) is 0 Å². The lowest BCUT2D eigenvalue weighted by Crippen LogP contribution is -2.61. The maximum Gasteiger partial charge on any atom is 0.210 e. The first-order valence-corrected chi connectivity index (χ1v) is 20.9. The van der Waals surface area contributed by atoms with Crippen LogP contribution in [0.2, 0.25) is 0 Å². The summed E-state index contributed by atoms with van der Waals surface area (Å²) in [7, 11) is 0. The van der Waals surface area contributed by atoms with Gasteiger partial charge >= 0.3 is 0 Å². The van der Waals surface area contributed by atoms with Gasteiger partial charge in [0.2, 0.25) is 5.60 Å². The number of unbranched alkanes of at least 4 members (excludes halogenated alkanes) is 26. The van der Waals surface area contributed by atoms with Gasteiger partial charge in [0.25, 0.3) is 0 Å². The standard InChI is InChI=1S/C41H78O5S/c1-4-7-10-13-16-19-20-21-22-23-24-27-30-33-36(47)39(44)40(45)41(46,37(42)34-31-28-25-17-14-11-8-5-2)38(43)35-32-29-26-18-15-12-9-6-3/h39-40,44-46H,4-35H2,1-3H3. The molecule has 0 radical (unpaired) electrons. The number of hydrogen-bond acceptors (Lipinski definition) is 6. The van der Waals surface area contributed by atoms with Gasteiger partial charge in [-0.2, -0.15) is 0 Å². The van der Waals surface area contributed by atoms with Crippen molar-refractivity contribution in [3.05, 3.63) is 0 Å². The van der Waals surface area contributed by atoms with Crippen molar-refractivity contribution in [2.24, 2.45) is 0 Å². The van der Waals surface area contributed by atoms with Crippen LogP contribution in [0.25, 0.3) is 0 Å². The van der Waals surface area contributed by atoms with Gasteiger partial charge in [-0.15, -0.1) is 0 Å². The maximum absolute atomic E-state index is 13.4. The largest absolute Gasteiger partial charge is 0.386 e. The van der Waals surface area contributed by atoms with Gasteiger partial charge in [0.1, 0.15) is 12.2 Å². The molecule has 0 aromatic rings. The Kier molecular flexibility index (Phi) is 32.0. The molecule has 2 atom stereocenters. The molecule has 0 bridgehead atoms. The van der Waals surface area contributed by atoms with Crippen LogP contribution in [0.15, 0.2) is 0 Å². The van der Waals surface area contributed by atoms with Crippen LogP contribution in [0.3, 0.4) is 0 Å². The first-order chi connectivity index (χ1) is 22.8. The summed E-state index contributed by atoms with van der Waals surface area (Å²) in [5.41, 5.74) is -2.61. The zero-order valence-corrected chi connectivity index (χ0v) is 32.2. The van der Waals surface area contributed by atoms with E-state index >= 15 is 0 Å². The Morgan fingerprint density at radius 3 is 0.957 bits per heavy atom. The summed E-state index contributed by atoms with van der Waals surface area (Å²) in [6, 6.07) is 0. The predicted molar refractivity (Wildman–Crippen MR) is 204 cm³/mol. The van der Waals surface area contributed by atoms with E-state index in [4.69, 9.17) is 12.2 Å². The molecule has 5 nitrogen and oxygen atoms in total. The number of carbonyl (C=O) groups excluding carboxylic acids is 2. The van der Waals surface area contributed by atoms with Gasteiger partial charge in [0.05, 0.1) is 0 Å². The monoisotopic (exact) mass is 683 g/mol. The lowest BCUT2D eigenvalue weighted by Gasteiger charge is -2.33. The van der Waals surface area contributed by atoms with Crippen LogP contribution in [0, 0.1) is 0 Å². The Hall–Kier alpha value is -0.690. The first-order valence-electron chi connectivity index (χ1n) is 20.4. The lowest BCUT2D eigenvalue weighted by molar-refractivity contribution is -0.169. The van der Waals surface area contributed by atoms with Crippen LogP contribution in [0.1, 0.15) is 226 Å². The highest BCUT2D eigenvalue weighted by molar-refractivity contribution is 7.80. The van der Waals surface area contributed by atoms with Gasteiger partial charge < -0.3 is 15.3 Å². The molecule has 0 aromatic carbocycles. The highest BCUT2D eigenvalue weighted by atomic mass is 32.1. The summed E-state index contributed by atoms with van der Waals surface area (Å²) < 4.78 is 0. The zero-order chi connectivity index (χ0) is 35.0. The van der Waals surface area contributed by atoms with Gasteiger partial charge in [-0.05, 0) is 25.7 Å². The van der Waals surface area contributed by atoms with Crippen molar-refractivity contribution in [3.8, 4) is 0 Å². The third kappa shape index (κ3) is 23.4. The number of thiocarbonyl (C=S) groups is 1. The summed E-state index contributed by atoms with van der Waals surface area (Å²) in [6.07, 6.45) is 29.7. The zero-order valence-electron chi connectivity index (χ0n) is 31.3. The number of aliphatic hydroxyl groups excluding tert-OH is 2. The van der Waals surface area contributed by atoms with Crippen LogP contribution < -0.4 is 0 Å². The van der Waals surface area contributed by atoms with Crippen molar-refractivity contribution in [2.75, 3.05) is 0 Å². The smallest absolute Gasteiger partial charge is 0.210 e. The molecule has 0 heterocycles. The molecule has 2 unspecified atom stereocenters. The minimum Gasteiger partial charge on any atom is -0.386 e. The van der Waals surface area contributed by atoms with Crippen molar-refractivity contribution >= 4 is 28.6 Å². The second-order valence-electron chi connectivity index (χ2n) is 14.4. The second-order valence-corrected chi connectivity index (χ2v) is 14.9. The molecule has 3 N–H and O–H groups in total. The van der Waals surface area contributed by atoms with Gasteiger partial charge in [0, 0.05) is 17.7 Å². The molecule has 0 aliphatic heterocycles. The van der Waals surface area contributed by atoms with Crippen molar-refractivity contribution in [2.45, 2.75) is 244 Å². The summed E-state index contributed by atoms with van der Waals surface area (Å²) >= 11 is 5.47. The molecule has 0 saturated carbocycles. The molecule has 278 valence electrons. The normalized spacial score (nSPS) is 13.1. The van der Waals surface area contributed by atoms with E-state index in [1.54, 1.807) is 0 Å². The van der Waals surface area contributed by atoms with Crippen molar-refractivity contribution in [3.63, 3.8) is 0 Å². The number of carbonyl (C=O) groups is 2. The molecule has 0 saturated heterocycles. The van der Waals surface area contributed by atoms with Crippen LogP contribution in [-0.4, -0.2) is 49.6 Å². The summed E-state index contributed by atoms with van der Waals surface area (Å²) in [4.78, 5) is 27.0. The van der Waals surface area contributed by atoms with E-state index in [-0.39, 0.29) is 17.7 Å². The van der Waals surface area contributed by atoms with E-state index in [0.717, 1.165) is 57.8 Å². The molecule has 0 aliphatic carbocycles. The molecular formula is C41H78O5S. The Balaban J connectivity index is 4.78. The van der Waals surface area contributed by atoms with Crippen LogP contribution in [0.4, 0.5) is 0 Å². The molecule has 0 aromatic heterocycles. The minimum atomic E-state index is -2.61. The fourth-order valence-electron chi connectivity index (χ4n) is 6.57. The molecule has 6 heteroatoms. The van der Waals surface area contributed by atoms with E-state index in [0.29, 0.717) is 19.3 Å². The fourth-order valence-corrected chi connectivity index (χ4v) is 6.85. The van der Waals surface area contributed by atoms with Crippen LogP contribution in [-0.2, 0) is 9.59 Å². The Morgan fingerprint density at radius 1 is 0.447 bits per heavy atom. The fraction of sp³-hybridized carbons (Fsp3) is 0.927. The van der Waals surface area contributed by atoms with Gasteiger partial charge in [0.15, 0.2) is 11.6 Å². The first kappa shape index (κ1) is 46.3. The Labute approximate surface area is 296 Å². The highest BCUT2D eigenvalue weighted by Crippen LogP contribution is 2.26. The Bertz CT molecular complexity index is 722. The van der Waals surface area contributed by atoms with E-state index in [1.165, 1.54) is 116 Å². The Morgan fingerprint density at radius 2 is 0.681 bits per heavy atom. The third-order valence-corrected chi connectivity index (χ3v) is 10.4. The van der Waals surface area contributed by atoms with E-state index in [1.807, 2.05) is 0 Å². The summed E-state index contributed by atoms with van der Waals surface area (Å²) in [5.74, 6) is -1.35. The number of rotatable bonds is 37.